The second kappa shape index (κ2) is 9.41. The lowest BCUT2D eigenvalue weighted by molar-refractivity contribution is -0.327. The third-order valence-electron chi connectivity index (χ3n) is 4.87. The van der Waals surface area contributed by atoms with Crippen molar-refractivity contribution in [2.45, 2.75) is 75.0 Å². The summed E-state index contributed by atoms with van der Waals surface area (Å²) < 4.78 is 21.2. The largest absolute Gasteiger partial charge is 0.479 e. The number of hydrogen-bond donors (Lipinski definition) is 6. The maximum Gasteiger partial charge on any atom is 0.335 e. The molecule has 0 saturated carbocycles. The fraction of sp³-hybridized carbons (Fsp3) is 0.875. The molecule has 0 radical (unpaired) electrons. The lowest BCUT2D eigenvalue weighted by Crippen LogP contribution is -2.67. The molecule has 0 aliphatic carbocycles. The Morgan fingerprint density at radius 3 is 2.21 bits per heavy atom. The van der Waals surface area contributed by atoms with E-state index in [4.69, 9.17) is 18.9 Å². The van der Waals surface area contributed by atoms with Crippen LogP contribution in [0.2, 0.25) is 0 Å². The summed E-state index contributed by atoms with van der Waals surface area (Å²) in [6.45, 7) is 2.28. The molecular formula is C16H27NO11. The highest BCUT2D eigenvalue weighted by atomic mass is 16.7. The van der Waals surface area contributed by atoms with Crippen molar-refractivity contribution in [3.8, 4) is 0 Å². The molecule has 1 amide bonds. The van der Waals surface area contributed by atoms with E-state index < -0.39 is 79.6 Å². The maximum atomic E-state index is 11.5. The molecule has 28 heavy (non-hydrogen) atoms. The van der Waals surface area contributed by atoms with Gasteiger partial charge >= 0.3 is 5.97 Å². The summed E-state index contributed by atoms with van der Waals surface area (Å²) in [6.07, 6.45) is -12.4. The van der Waals surface area contributed by atoms with Crippen LogP contribution in [0, 0.1) is 0 Å². The van der Waals surface area contributed by atoms with Gasteiger partial charge in [0.25, 0.3) is 0 Å². The Bertz CT molecular complexity index is 561. The van der Waals surface area contributed by atoms with Gasteiger partial charge in [-0.1, -0.05) is 0 Å². The van der Waals surface area contributed by atoms with Crippen LogP contribution in [-0.2, 0) is 28.5 Å². The van der Waals surface area contributed by atoms with Gasteiger partial charge in [-0.05, 0) is 6.92 Å². The normalized spacial score (nSPS) is 44.1. The van der Waals surface area contributed by atoms with Crippen molar-refractivity contribution < 1.29 is 54.1 Å². The highest BCUT2D eigenvalue weighted by molar-refractivity contribution is 5.73. The number of aliphatic carboxylic acids is 1. The van der Waals surface area contributed by atoms with Crippen LogP contribution in [0.5, 0.6) is 0 Å². The van der Waals surface area contributed by atoms with Gasteiger partial charge < -0.3 is 49.8 Å². The summed E-state index contributed by atoms with van der Waals surface area (Å²) in [5, 5.41) is 52.2. The number of aliphatic hydroxyl groups is 4. The van der Waals surface area contributed by atoms with Gasteiger partial charge in [-0.25, -0.2) is 4.79 Å². The smallest absolute Gasteiger partial charge is 0.335 e. The van der Waals surface area contributed by atoms with Crippen LogP contribution in [0.25, 0.3) is 0 Å². The lowest BCUT2D eigenvalue weighted by Gasteiger charge is -2.47. The Morgan fingerprint density at radius 1 is 1.07 bits per heavy atom. The topological polar surface area (TPSA) is 184 Å². The number of rotatable bonds is 6. The van der Waals surface area contributed by atoms with E-state index in [-0.39, 0.29) is 0 Å². The van der Waals surface area contributed by atoms with E-state index in [9.17, 15) is 35.1 Å². The van der Waals surface area contributed by atoms with Crippen LogP contribution in [-0.4, -0.2) is 112 Å². The summed E-state index contributed by atoms with van der Waals surface area (Å²) in [4.78, 5) is 23.0. The summed E-state index contributed by atoms with van der Waals surface area (Å²) in [5.74, 6) is -1.89. The fourth-order valence-corrected chi connectivity index (χ4v) is 3.45. The monoisotopic (exact) mass is 409 g/mol. The average molecular weight is 409 g/mol. The number of methoxy groups -OCH3 is 1. The van der Waals surface area contributed by atoms with Crippen LogP contribution in [0.3, 0.4) is 0 Å². The molecule has 0 bridgehead atoms. The lowest BCUT2D eigenvalue weighted by atomic mass is 9.92. The van der Waals surface area contributed by atoms with Crippen LogP contribution >= 0.6 is 0 Å². The van der Waals surface area contributed by atoms with Crippen LogP contribution in [0.15, 0.2) is 0 Å². The quantitative estimate of drug-likeness (QED) is 0.256. The van der Waals surface area contributed by atoms with Gasteiger partial charge in [-0.3, -0.25) is 4.79 Å². The van der Waals surface area contributed by atoms with Crippen molar-refractivity contribution in [3.05, 3.63) is 0 Å². The molecule has 2 heterocycles. The first-order chi connectivity index (χ1) is 13.1. The first-order valence-corrected chi connectivity index (χ1v) is 8.76. The van der Waals surface area contributed by atoms with E-state index in [1.807, 2.05) is 0 Å². The predicted octanol–water partition coefficient (Wildman–Crippen LogP) is -3.44. The molecule has 0 spiro atoms. The number of ether oxygens (including phenoxy) is 4. The Morgan fingerprint density at radius 2 is 1.71 bits per heavy atom. The molecule has 162 valence electrons. The summed E-state index contributed by atoms with van der Waals surface area (Å²) in [7, 11) is 1.16. The van der Waals surface area contributed by atoms with E-state index >= 15 is 0 Å². The molecule has 6 unspecified atom stereocenters. The minimum Gasteiger partial charge on any atom is -0.479 e. The molecule has 2 aliphatic heterocycles. The molecule has 2 rings (SSSR count). The Balaban J connectivity index is 2.26. The van der Waals surface area contributed by atoms with Gasteiger partial charge in [0.05, 0.1) is 18.8 Å². The maximum absolute atomic E-state index is 11.5. The number of hydrogen-bond acceptors (Lipinski definition) is 10. The van der Waals surface area contributed by atoms with Gasteiger partial charge in [-0.15, -0.1) is 0 Å². The number of aliphatic hydroxyl groups excluding tert-OH is 4. The highest BCUT2D eigenvalue weighted by Gasteiger charge is 2.52. The van der Waals surface area contributed by atoms with Crippen molar-refractivity contribution in [1.82, 2.24) is 5.32 Å². The Hall–Kier alpha value is -1.38. The zero-order valence-electron chi connectivity index (χ0n) is 15.7. The summed E-state index contributed by atoms with van der Waals surface area (Å²) in [5.41, 5.74) is 0. The van der Waals surface area contributed by atoms with Crippen molar-refractivity contribution in [2.24, 2.45) is 0 Å². The average Bonchev–Trinajstić information content (AvgIpc) is 2.63. The van der Waals surface area contributed by atoms with Gasteiger partial charge in [0.2, 0.25) is 5.91 Å². The fourth-order valence-electron chi connectivity index (χ4n) is 3.45. The molecule has 2 fully saturated rings. The molecule has 12 heteroatoms. The van der Waals surface area contributed by atoms with Gasteiger partial charge in [0.1, 0.15) is 36.6 Å². The molecule has 0 aromatic heterocycles. The highest BCUT2D eigenvalue weighted by Crippen LogP contribution is 2.30. The predicted molar refractivity (Wildman–Crippen MR) is 89.0 cm³/mol. The van der Waals surface area contributed by atoms with E-state index in [0.29, 0.717) is 0 Å². The number of carbonyl (C=O) groups excluding carboxylic acids is 1. The summed E-state index contributed by atoms with van der Waals surface area (Å²) >= 11 is 0. The molecular weight excluding hydrogens is 382 g/mol. The Kier molecular flexibility index (Phi) is 7.70. The minimum atomic E-state index is -1.70. The van der Waals surface area contributed by atoms with Crippen LogP contribution in [0.1, 0.15) is 13.8 Å². The number of amides is 1. The molecule has 12 nitrogen and oxygen atoms in total. The van der Waals surface area contributed by atoms with Gasteiger partial charge in [-0.2, -0.15) is 0 Å². The molecule has 2 aliphatic rings. The first-order valence-electron chi connectivity index (χ1n) is 8.76. The van der Waals surface area contributed by atoms with Gasteiger partial charge in [0, 0.05) is 14.0 Å². The van der Waals surface area contributed by atoms with E-state index in [1.54, 1.807) is 6.92 Å². The number of carbonyl (C=O) groups is 2. The van der Waals surface area contributed by atoms with Crippen molar-refractivity contribution >= 4 is 11.9 Å². The zero-order chi connectivity index (χ0) is 21.2. The standard InChI is InChI=1S/C16H27NO11/c1-5-8(17-6(2)19)12(9(20)7(4-18)26-5)27-16-11(22)10(21)13(25-3)14(28-16)15(23)24/h5,7-14,16,18,20-22H,4H2,1-3H3,(H,17,19)(H,23,24)/t5?,7?,8?,9-,10?,11?,12?,13+,14+,16-/m1/s1. The number of nitrogens with one attached hydrogen (secondary N) is 1. The van der Waals surface area contributed by atoms with Crippen molar-refractivity contribution in [3.63, 3.8) is 0 Å². The SMILES string of the molecule is CO[C@H]1C(O)C(O)[C@H](OC2C(NC(C)=O)C(C)OC(CO)[C@H]2O)O[C@@H]1C(=O)O. The first kappa shape index (κ1) is 22.9. The van der Waals surface area contributed by atoms with E-state index in [2.05, 4.69) is 5.32 Å². The number of carboxylic acids is 1. The van der Waals surface area contributed by atoms with E-state index in [1.165, 1.54) is 6.92 Å². The number of carboxylic acid groups (broad SMARTS) is 1. The third-order valence-corrected chi connectivity index (χ3v) is 4.87. The second-order valence-corrected chi connectivity index (χ2v) is 6.82. The van der Waals surface area contributed by atoms with Crippen molar-refractivity contribution in [2.75, 3.05) is 13.7 Å². The zero-order valence-corrected chi connectivity index (χ0v) is 15.7. The minimum absolute atomic E-state index is 0.447. The molecule has 0 aromatic carbocycles. The molecule has 0 aromatic rings. The van der Waals surface area contributed by atoms with E-state index in [0.717, 1.165) is 7.11 Å². The summed E-state index contributed by atoms with van der Waals surface area (Å²) in [6, 6.07) is -0.897. The molecule has 2 saturated heterocycles. The van der Waals surface area contributed by atoms with Crippen molar-refractivity contribution in [1.29, 1.82) is 0 Å². The van der Waals surface area contributed by atoms with Crippen LogP contribution < -0.4 is 5.32 Å². The second-order valence-electron chi connectivity index (χ2n) is 6.82. The Labute approximate surface area is 160 Å². The van der Waals surface area contributed by atoms with Crippen LogP contribution in [0.4, 0.5) is 0 Å². The molecule has 6 N–H and O–H groups in total. The van der Waals surface area contributed by atoms with Gasteiger partial charge in [0.15, 0.2) is 12.4 Å². The molecule has 10 atom stereocenters. The third kappa shape index (κ3) is 4.60.